The Morgan fingerprint density at radius 1 is 1.26 bits per heavy atom. The fourth-order valence-corrected chi connectivity index (χ4v) is 1.84. The lowest BCUT2D eigenvalue weighted by molar-refractivity contribution is 0.520. The van der Waals surface area contributed by atoms with E-state index < -0.39 is 0 Å². The molecule has 19 heavy (non-hydrogen) atoms. The quantitative estimate of drug-likeness (QED) is 0.794. The maximum absolute atomic E-state index is 5.70. The number of furan rings is 1. The van der Waals surface area contributed by atoms with Gasteiger partial charge in [-0.3, -0.25) is 4.57 Å². The highest BCUT2D eigenvalue weighted by atomic mass is 35.5. The van der Waals surface area contributed by atoms with Gasteiger partial charge in [0, 0.05) is 12.4 Å². The largest absolute Gasteiger partial charge is 0.448 e. The number of halogens is 1. The van der Waals surface area contributed by atoms with Crippen molar-refractivity contribution in [3.05, 3.63) is 60.2 Å². The van der Waals surface area contributed by atoms with Crippen molar-refractivity contribution in [3.8, 4) is 5.82 Å². The molecule has 3 rings (SSSR count). The molecule has 0 spiro atoms. The second kappa shape index (κ2) is 5.16. The van der Waals surface area contributed by atoms with Gasteiger partial charge >= 0.3 is 0 Å². The van der Waals surface area contributed by atoms with E-state index in [-0.39, 0.29) is 0 Å². The van der Waals surface area contributed by atoms with E-state index in [1.807, 2.05) is 29.0 Å². The number of nitrogens with one attached hydrogen (secondary N) is 1. The van der Waals surface area contributed by atoms with Gasteiger partial charge in [-0.05, 0) is 35.9 Å². The maximum atomic E-state index is 5.70. The first-order valence-corrected chi connectivity index (χ1v) is 6.11. The molecular formula is C13H11ClN4O. The summed E-state index contributed by atoms with van der Waals surface area (Å²) in [5.41, 5.74) is 0.913. The van der Waals surface area contributed by atoms with Gasteiger partial charge in [-0.1, -0.05) is 0 Å². The van der Waals surface area contributed by atoms with Gasteiger partial charge in [-0.15, -0.1) is 0 Å². The molecule has 0 aromatic carbocycles. The Balaban J connectivity index is 1.66. The number of anilines is 1. The Hall–Kier alpha value is -2.27. The second-order valence-corrected chi connectivity index (χ2v) is 4.31. The SMILES string of the molecule is Clc1ccc(CNc2ccc(-n3ccnc3)nc2)o1. The van der Waals surface area contributed by atoms with Crippen LogP contribution in [0.4, 0.5) is 5.69 Å². The second-order valence-electron chi connectivity index (χ2n) is 3.93. The number of hydrogen-bond acceptors (Lipinski definition) is 4. The van der Waals surface area contributed by atoms with Crippen LogP contribution in [0.15, 0.2) is 53.6 Å². The fourth-order valence-electron chi connectivity index (χ4n) is 1.67. The van der Waals surface area contributed by atoms with Crippen molar-refractivity contribution < 1.29 is 4.42 Å². The lowest BCUT2D eigenvalue weighted by Crippen LogP contribution is -2.00. The Bertz CT molecular complexity index is 646. The molecule has 0 fully saturated rings. The first kappa shape index (κ1) is 11.8. The van der Waals surface area contributed by atoms with Gasteiger partial charge in [-0.25, -0.2) is 9.97 Å². The number of hydrogen-bond donors (Lipinski definition) is 1. The van der Waals surface area contributed by atoms with Crippen molar-refractivity contribution in [3.63, 3.8) is 0 Å². The number of aromatic nitrogens is 3. The normalized spacial score (nSPS) is 10.6. The highest BCUT2D eigenvalue weighted by Gasteiger charge is 2.01. The summed E-state index contributed by atoms with van der Waals surface area (Å²) in [6.45, 7) is 0.568. The molecule has 0 unspecified atom stereocenters. The summed E-state index contributed by atoms with van der Waals surface area (Å²) in [5.74, 6) is 1.60. The zero-order valence-corrected chi connectivity index (χ0v) is 10.7. The third kappa shape index (κ3) is 2.77. The number of rotatable bonds is 4. The topological polar surface area (TPSA) is 55.9 Å². The Kier molecular flexibility index (Phi) is 3.20. The van der Waals surface area contributed by atoms with Crippen LogP contribution in [0, 0.1) is 0 Å². The molecular weight excluding hydrogens is 264 g/mol. The van der Waals surface area contributed by atoms with Crippen molar-refractivity contribution in [1.82, 2.24) is 14.5 Å². The predicted molar refractivity (Wildman–Crippen MR) is 72.4 cm³/mol. The molecule has 0 aliphatic carbocycles. The summed E-state index contributed by atoms with van der Waals surface area (Å²) in [5, 5.41) is 3.60. The Labute approximate surface area is 114 Å². The molecule has 0 bridgehead atoms. The van der Waals surface area contributed by atoms with Gasteiger partial charge in [0.15, 0.2) is 5.22 Å². The van der Waals surface area contributed by atoms with E-state index >= 15 is 0 Å². The van der Waals surface area contributed by atoms with E-state index in [1.165, 1.54) is 0 Å². The smallest absolute Gasteiger partial charge is 0.193 e. The minimum absolute atomic E-state index is 0.394. The molecule has 0 radical (unpaired) electrons. The molecule has 0 atom stereocenters. The number of nitrogens with zero attached hydrogens (tertiary/aromatic N) is 3. The van der Waals surface area contributed by atoms with Crippen molar-refractivity contribution >= 4 is 17.3 Å². The van der Waals surface area contributed by atoms with E-state index in [1.54, 1.807) is 24.8 Å². The van der Waals surface area contributed by atoms with Crippen molar-refractivity contribution in [1.29, 1.82) is 0 Å². The van der Waals surface area contributed by atoms with Gasteiger partial charge in [0.05, 0.1) is 18.4 Å². The summed E-state index contributed by atoms with van der Waals surface area (Å²) in [6.07, 6.45) is 7.04. The molecule has 1 N–H and O–H groups in total. The van der Waals surface area contributed by atoms with E-state index in [2.05, 4.69) is 15.3 Å². The van der Waals surface area contributed by atoms with Crippen LogP contribution in [-0.4, -0.2) is 14.5 Å². The van der Waals surface area contributed by atoms with Crippen LogP contribution in [0.3, 0.4) is 0 Å². The van der Waals surface area contributed by atoms with Crippen LogP contribution in [0.25, 0.3) is 5.82 Å². The molecule has 5 nitrogen and oxygen atoms in total. The highest BCUT2D eigenvalue weighted by Crippen LogP contribution is 2.15. The zero-order valence-electron chi connectivity index (χ0n) is 9.95. The molecule has 3 aromatic rings. The molecule has 6 heteroatoms. The van der Waals surface area contributed by atoms with E-state index in [9.17, 15) is 0 Å². The molecule has 96 valence electrons. The zero-order chi connectivity index (χ0) is 13.1. The molecule has 0 aliphatic rings. The summed E-state index contributed by atoms with van der Waals surface area (Å²) >= 11 is 5.70. The Morgan fingerprint density at radius 3 is 2.84 bits per heavy atom. The molecule has 0 aliphatic heterocycles. The standard InChI is InChI=1S/C13H11ClN4O/c14-12-3-2-11(19-12)8-16-10-1-4-13(17-7-10)18-6-5-15-9-18/h1-7,9,16H,8H2. The lowest BCUT2D eigenvalue weighted by Gasteiger charge is -2.05. The van der Waals surface area contributed by atoms with E-state index in [0.29, 0.717) is 11.8 Å². The van der Waals surface area contributed by atoms with Gasteiger partial charge in [0.2, 0.25) is 0 Å². The fraction of sp³-hybridized carbons (Fsp3) is 0.0769. The molecule has 3 heterocycles. The third-order valence-electron chi connectivity index (χ3n) is 2.61. The van der Waals surface area contributed by atoms with Crippen LogP contribution in [0.1, 0.15) is 5.76 Å². The van der Waals surface area contributed by atoms with Crippen molar-refractivity contribution in [2.75, 3.05) is 5.32 Å². The van der Waals surface area contributed by atoms with Gasteiger partial charge in [-0.2, -0.15) is 0 Å². The molecule has 0 saturated carbocycles. The first-order valence-electron chi connectivity index (χ1n) is 5.74. The average molecular weight is 275 g/mol. The Morgan fingerprint density at radius 2 is 2.21 bits per heavy atom. The number of imidazole rings is 1. The lowest BCUT2D eigenvalue weighted by atomic mass is 10.3. The monoisotopic (exact) mass is 274 g/mol. The van der Waals surface area contributed by atoms with Crippen LogP contribution in [0.5, 0.6) is 0 Å². The van der Waals surface area contributed by atoms with Crippen molar-refractivity contribution in [2.45, 2.75) is 6.54 Å². The minimum Gasteiger partial charge on any atom is -0.448 e. The molecule has 0 amide bonds. The van der Waals surface area contributed by atoms with Crippen molar-refractivity contribution in [2.24, 2.45) is 0 Å². The summed E-state index contributed by atoms with van der Waals surface area (Å²) in [6, 6.07) is 7.42. The third-order valence-corrected chi connectivity index (χ3v) is 2.82. The maximum Gasteiger partial charge on any atom is 0.193 e. The molecule has 0 saturated heterocycles. The predicted octanol–water partition coefficient (Wildman–Crippen LogP) is 3.13. The van der Waals surface area contributed by atoms with Gasteiger partial charge in [0.25, 0.3) is 0 Å². The highest BCUT2D eigenvalue weighted by molar-refractivity contribution is 6.28. The van der Waals surface area contributed by atoms with Crippen LogP contribution in [-0.2, 0) is 6.54 Å². The van der Waals surface area contributed by atoms with Gasteiger partial charge < -0.3 is 9.73 Å². The first-order chi connectivity index (χ1) is 9.31. The summed E-state index contributed by atoms with van der Waals surface area (Å²) in [4.78, 5) is 8.32. The summed E-state index contributed by atoms with van der Waals surface area (Å²) < 4.78 is 7.10. The summed E-state index contributed by atoms with van der Waals surface area (Å²) in [7, 11) is 0. The minimum atomic E-state index is 0.394. The molecule has 3 aromatic heterocycles. The van der Waals surface area contributed by atoms with Gasteiger partial charge in [0.1, 0.15) is 17.9 Å². The van der Waals surface area contributed by atoms with Crippen LogP contribution in [0.2, 0.25) is 5.22 Å². The average Bonchev–Trinajstić information content (AvgIpc) is 3.08. The van der Waals surface area contributed by atoms with E-state index in [4.69, 9.17) is 16.0 Å². The van der Waals surface area contributed by atoms with E-state index in [0.717, 1.165) is 17.3 Å². The number of pyridine rings is 1. The van der Waals surface area contributed by atoms with Crippen LogP contribution >= 0.6 is 11.6 Å². The van der Waals surface area contributed by atoms with Crippen LogP contribution < -0.4 is 5.32 Å².